The van der Waals surface area contributed by atoms with Crippen molar-refractivity contribution >= 4 is 17.2 Å². The van der Waals surface area contributed by atoms with Crippen molar-refractivity contribution in [2.24, 2.45) is 0 Å². The predicted molar refractivity (Wildman–Crippen MR) is 82.7 cm³/mol. The number of thiazole rings is 1. The van der Waals surface area contributed by atoms with Gasteiger partial charge in [0.05, 0.1) is 16.8 Å². The highest BCUT2D eigenvalue weighted by Gasteiger charge is 2.30. The molecule has 1 aromatic heterocycles. The van der Waals surface area contributed by atoms with Crippen molar-refractivity contribution in [2.45, 2.75) is 38.2 Å². The number of aliphatic hydroxyl groups is 1. The van der Waals surface area contributed by atoms with Gasteiger partial charge in [-0.2, -0.15) is 0 Å². The number of hydrogen-bond donors (Lipinski definition) is 1. The number of carbonyl (C=O) groups excluding carboxylic acids is 1. The van der Waals surface area contributed by atoms with E-state index in [1.54, 1.807) is 17.5 Å². The first-order valence-electron chi connectivity index (χ1n) is 7.62. The molecule has 1 saturated heterocycles. The second-order valence-electron chi connectivity index (χ2n) is 6.72. The molecule has 1 aliphatic heterocycles. The van der Waals surface area contributed by atoms with Gasteiger partial charge in [-0.3, -0.25) is 9.69 Å². The zero-order valence-electron chi connectivity index (χ0n) is 12.7. The van der Waals surface area contributed by atoms with Crippen LogP contribution in [0.1, 0.15) is 47.3 Å². The van der Waals surface area contributed by atoms with Crippen molar-refractivity contribution in [1.82, 2.24) is 14.8 Å². The molecule has 1 aromatic rings. The molecule has 3 rings (SSSR count). The quantitative estimate of drug-likeness (QED) is 0.917. The van der Waals surface area contributed by atoms with Crippen LogP contribution in [0.25, 0.3) is 0 Å². The van der Waals surface area contributed by atoms with Crippen LogP contribution in [-0.2, 0) is 0 Å². The van der Waals surface area contributed by atoms with Gasteiger partial charge in [-0.05, 0) is 26.7 Å². The molecule has 116 valence electrons. The maximum absolute atomic E-state index is 12.5. The normalized spacial score (nSPS) is 20.8. The number of nitrogens with zero attached hydrogens (tertiary/aromatic N) is 3. The number of β-amino-alcohol motifs (C(OH)–C–C–N with tert-alkyl or cyclic N) is 1. The molecular formula is C15H23N3O2S. The summed E-state index contributed by atoms with van der Waals surface area (Å²) >= 11 is 1.56. The minimum Gasteiger partial charge on any atom is -0.389 e. The number of hydrogen-bond acceptors (Lipinski definition) is 5. The summed E-state index contributed by atoms with van der Waals surface area (Å²) in [7, 11) is 0. The van der Waals surface area contributed by atoms with E-state index in [1.165, 1.54) is 12.8 Å². The Morgan fingerprint density at radius 3 is 2.62 bits per heavy atom. The average molecular weight is 309 g/mol. The Labute approximate surface area is 129 Å². The van der Waals surface area contributed by atoms with E-state index < -0.39 is 5.60 Å². The molecule has 2 fully saturated rings. The van der Waals surface area contributed by atoms with Crippen LogP contribution >= 0.6 is 11.3 Å². The summed E-state index contributed by atoms with van der Waals surface area (Å²) in [6.45, 7) is 7.40. The van der Waals surface area contributed by atoms with Gasteiger partial charge in [0, 0.05) is 38.6 Å². The maximum Gasteiger partial charge on any atom is 0.265 e. The van der Waals surface area contributed by atoms with E-state index in [4.69, 9.17) is 0 Å². The Bertz CT molecular complexity index is 511. The molecule has 1 aliphatic carbocycles. The molecule has 0 aromatic carbocycles. The summed E-state index contributed by atoms with van der Waals surface area (Å²) in [5.74, 6) is 0.725. The first-order chi connectivity index (χ1) is 9.92. The summed E-state index contributed by atoms with van der Waals surface area (Å²) in [5.41, 5.74) is -0.678. The third-order valence-corrected chi connectivity index (χ3v) is 5.08. The van der Waals surface area contributed by atoms with Crippen LogP contribution in [0.15, 0.2) is 6.20 Å². The highest BCUT2D eigenvalue weighted by molar-refractivity contribution is 7.13. The van der Waals surface area contributed by atoms with Gasteiger partial charge in [0.1, 0.15) is 4.88 Å². The third-order valence-electron chi connectivity index (χ3n) is 3.93. The highest BCUT2D eigenvalue weighted by Crippen LogP contribution is 2.41. The van der Waals surface area contributed by atoms with Gasteiger partial charge < -0.3 is 10.0 Å². The number of rotatable bonds is 4. The predicted octanol–water partition coefficient (Wildman–Crippen LogP) is 1.55. The Hall–Kier alpha value is -0.980. The Morgan fingerprint density at radius 1 is 1.38 bits per heavy atom. The molecule has 6 heteroatoms. The number of aromatic nitrogens is 1. The Morgan fingerprint density at radius 2 is 2.05 bits per heavy atom. The zero-order chi connectivity index (χ0) is 15.0. The summed E-state index contributed by atoms with van der Waals surface area (Å²) in [6, 6.07) is 0. The Balaban J connectivity index is 1.54. The molecule has 0 bridgehead atoms. The molecule has 21 heavy (non-hydrogen) atoms. The highest BCUT2D eigenvalue weighted by atomic mass is 32.1. The second-order valence-corrected chi connectivity index (χ2v) is 7.78. The average Bonchev–Trinajstić information content (AvgIpc) is 3.15. The second kappa shape index (κ2) is 5.66. The topological polar surface area (TPSA) is 56.7 Å². The Kier molecular flexibility index (Phi) is 4.03. The van der Waals surface area contributed by atoms with Crippen LogP contribution in [0.2, 0.25) is 0 Å². The van der Waals surface area contributed by atoms with Gasteiger partial charge in [-0.1, -0.05) is 0 Å². The van der Waals surface area contributed by atoms with Gasteiger partial charge in [0.25, 0.3) is 5.91 Å². The largest absolute Gasteiger partial charge is 0.389 e. The molecule has 5 nitrogen and oxygen atoms in total. The lowest BCUT2D eigenvalue weighted by molar-refractivity contribution is 0.0179. The summed E-state index contributed by atoms with van der Waals surface area (Å²) in [5, 5.41) is 11.0. The lowest BCUT2D eigenvalue weighted by Crippen LogP contribution is -2.51. The summed E-state index contributed by atoms with van der Waals surface area (Å²) < 4.78 is 0. The first-order valence-corrected chi connectivity index (χ1v) is 8.44. The standard InChI is InChI=1S/C15H23N3O2S/c1-15(2,20)10-17-5-7-18(8-6-17)14(19)12-9-16-13(21-12)11-3-4-11/h9,11,20H,3-8,10H2,1-2H3. The van der Waals surface area contributed by atoms with Crippen LogP contribution < -0.4 is 0 Å². The van der Waals surface area contributed by atoms with E-state index in [1.807, 2.05) is 18.7 Å². The molecule has 1 saturated carbocycles. The van der Waals surface area contributed by atoms with Crippen molar-refractivity contribution in [3.63, 3.8) is 0 Å². The fraction of sp³-hybridized carbons (Fsp3) is 0.733. The van der Waals surface area contributed by atoms with Crippen LogP contribution in [0.4, 0.5) is 0 Å². The van der Waals surface area contributed by atoms with Crippen molar-refractivity contribution in [3.8, 4) is 0 Å². The van der Waals surface area contributed by atoms with Crippen LogP contribution in [0.5, 0.6) is 0 Å². The molecule has 2 aliphatic rings. The molecule has 1 amide bonds. The van der Waals surface area contributed by atoms with Crippen molar-refractivity contribution in [3.05, 3.63) is 16.1 Å². The van der Waals surface area contributed by atoms with Crippen LogP contribution in [0.3, 0.4) is 0 Å². The van der Waals surface area contributed by atoms with Gasteiger partial charge in [-0.15, -0.1) is 11.3 Å². The molecule has 2 heterocycles. The van der Waals surface area contributed by atoms with Crippen LogP contribution in [0, 0.1) is 0 Å². The van der Waals surface area contributed by atoms with E-state index >= 15 is 0 Å². The minimum atomic E-state index is -0.678. The van der Waals surface area contributed by atoms with Gasteiger partial charge in [-0.25, -0.2) is 4.98 Å². The van der Waals surface area contributed by atoms with Crippen LogP contribution in [-0.4, -0.2) is 64.1 Å². The van der Waals surface area contributed by atoms with Gasteiger partial charge in [0.15, 0.2) is 0 Å². The van der Waals surface area contributed by atoms with E-state index in [9.17, 15) is 9.90 Å². The van der Waals surface area contributed by atoms with Gasteiger partial charge in [0.2, 0.25) is 0 Å². The molecule has 0 unspecified atom stereocenters. The van der Waals surface area contributed by atoms with E-state index in [-0.39, 0.29) is 5.91 Å². The molecule has 1 N–H and O–H groups in total. The molecule has 0 spiro atoms. The molecule has 0 radical (unpaired) electrons. The smallest absolute Gasteiger partial charge is 0.265 e. The van der Waals surface area contributed by atoms with Crippen molar-refractivity contribution in [2.75, 3.05) is 32.7 Å². The summed E-state index contributed by atoms with van der Waals surface area (Å²) in [6.07, 6.45) is 4.18. The van der Waals surface area contributed by atoms with Crippen molar-refractivity contribution < 1.29 is 9.90 Å². The fourth-order valence-corrected chi connectivity index (χ4v) is 3.77. The molecular weight excluding hydrogens is 286 g/mol. The fourth-order valence-electron chi connectivity index (χ4n) is 2.72. The molecule has 0 atom stereocenters. The monoisotopic (exact) mass is 309 g/mol. The van der Waals surface area contributed by atoms with Gasteiger partial charge >= 0.3 is 0 Å². The maximum atomic E-state index is 12.5. The van der Waals surface area contributed by atoms with E-state index in [2.05, 4.69) is 9.88 Å². The number of piperazine rings is 1. The zero-order valence-corrected chi connectivity index (χ0v) is 13.5. The number of amides is 1. The summed E-state index contributed by atoms with van der Waals surface area (Å²) in [4.78, 5) is 21.8. The number of carbonyl (C=O) groups is 1. The SMILES string of the molecule is CC(C)(O)CN1CCN(C(=O)c2cnc(C3CC3)s2)CC1. The minimum absolute atomic E-state index is 0.113. The lowest BCUT2D eigenvalue weighted by atomic mass is 10.1. The van der Waals surface area contributed by atoms with Crippen molar-refractivity contribution in [1.29, 1.82) is 0 Å². The third kappa shape index (κ3) is 3.81. The van der Waals surface area contributed by atoms with E-state index in [0.717, 1.165) is 36.1 Å². The van der Waals surface area contributed by atoms with E-state index in [0.29, 0.717) is 12.5 Å². The lowest BCUT2D eigenvalue weighted by Gasteiger charge is -2.37. The first kappa shape index (κ1) is 14.9.